The number of rotatable bonds is 4. The topological polar surface area (TPSA) is 58.7 Å². The quantitative estimate of drug-likeness (QED) is 0.497. The molecule has 0 fully saturated rings. The van der Waals surface area contributed by atoms with E-state index in [9.17, 15) is 10.1 Å². The van der Waals surface area contributed by atoms with E-state index in [-0.39, 0.29) is 10.8 Å². The lowest BCUT2D eigenvalue weighted by Crippen LogP contribution is -2.24. The number of aromatic nitrogens is 2. The van der Waals surface area contributed by atoms with Crippen LogP contribution in [-0.2, 0) is 19.4 Å². The van der Waals surface area contributed by atoms with Crippen LogP contribution in [0.3, 0.4) is 0 Å². The fourth-order valence-corrected chi connectivity index (χ4v) is 5.50. The molecule has 0 saturated carbocycles. The maximum atomic E-state index is 13.4. The number of thiophene rings is 1. The zero-order valence-electron chi connectivity index (χ0n) is 14.6. The van der Waals surface area contributed by atoms with E-state index in [2.05, 4.69) is 6.07 Å². The first kappa shape index (κ1) is 17.3. The molecule has 0 amide bonds. The molecule has 0 N–H and O–H groups in total. The SMILES string of the molecule is C[C@@H](C#N)Sc1nc2sc3c(c2c(=O)n1Cc1ccccc1)CCCC3. The molecule has 1 aliphatic rings. The molecule has 4 rings (SSSR count). The van der Waals surface area contributed by atoms with E-state index in [0.717, 1.165) is 35.0 Å². The molecule has 0 aliphatic heterocycles. The Labute approximate surface area is 160 Å². The predicted molar refractivity (Wildman–Crippen MR) is 107 cm³/mol. The van der Waals surface area contributed by atoms with Gasteiger partial charge in [0, 0.05) is 4.88 Å². The summed E-state index contributed by atoms with van der Waals surface area (Å²) >= 11 is 3.02. The third-order valence-electron chi connectivity index (χ3n) is 4.69. The van der Waals surface area contributed by atoms with Gasteiger partial charge in [-0.15, -0.1) is 11.3 Å². The van der Waals surface area contributed by atoms with E-state index in [1.54, 1.807) is 15.9 Å². The van der Waals surface area contributed by atoms with Gasteiger partial charge in [-0.3, -0.25) is 9.36 Å². The molecule has 0 spiro atoms. The van der Waals surface area contributed by atoms with Gasteiger partial charge in [0.15, 0.2) is 5.16 Å². The van der Waals surface area contributed by atoms with Crippen molar-refractivity contribution in [2.24, 2.45) is 0 Å². The van der Waals surface area contributed by atoms with Gasteiger partial charge < -0.3 is 0 Å². The molecule has 6 heteroatoms. The first-order valence-corrected chi connectivity index (χ1v) is 10.5. The van der Waals surface area contributed by atoms with E-state index in [1.165, 1.54) is 28.6 Å². The zero-order chi connectivity index (χ0) is 18.1. The lowest BCUT2D eigenvalue weighted by Gasteiger charge is -2.14. The highest BCUT2D eigenvalue weighted by atomic mass is 32.2. The van der Waals surface area contributed by atoms with Gasteiger partial charge in [-0.2, -0.15) is 5.26 Å². The Hall–Kier alpha value is -2.10. The van der Waals surface area contributed by atoms with E-state index in [4.69, 9.17) is 4.98 Å². The van der Waals surface area contributed by atoms with Gasteiger partial charge in [0.05, 0.1) is 23.3 Å². The Morgan fingerprint density at radius 1 is 1.31 bits per heavy atom. The number of benzene rings is 1. The van der Waals surface area contributed by atoms with Crippen LogP contribution in [0.5, 0.6) is 0 Å². The average molecular weight is 382 g/mol. The van der Waals surface area contributed by atoms with E-state index >= 15 is 0 Å². The maximum absolute atomic E-state index is 13.4. The second-order valence-corrected chi connectivity index (χ2v) is 8.94. The van der Waals surface area contributed by atoms with Crippen LogP contribution in [-0.4, -0.2) is 14.8 Å². The van der Waals surface area contributed by atoms with Crippen molar-refractivity contribution in [3.05, 3.63) is 56.7 Å². The minimum atomic E-state index is -0.254. The second kappa shape index (κ2) is 7.26. The number of nitriles is 1. The van der Waals surface area contributed by atoms with Gasteiger partial charge in [0.1, 0.15) is 4.83 Å². The molecule has 2 heterocycles. The minimum Gasteiger partial charge on any atom is -0.282 e. The van der Waals surface area contributed by atoms with Crippen LogP contribution >= 0.6 is 23.1 Å². The number of hydrogen-bond donors (Lipinski definition) is 0. The van der Waals surface area contributed by atoms with Gasteiger partial charge in [-0.05, 0) is 43.7 Å². The molecule has 3 aromatic rings. The monoisotopic (exact) mass is 381 g/mol. The average Bonchev–Trinajstić information content (AvgIpc) is 3.04. The summed E-state index contributed by atoms with van der Waals surface area (Å²) in [5.74, 6) is 0. The third kappa shape index (κ3) is 3.17. The van der Waals surface area contributed by atoms with E-state index in [1.807, 2.05) is 37.3 Å². The lowest BCUT2D eigenvalue weighted by molar-refractivity contribution is 0.655. The molecule has 1 aromatic carbocycles. The number of nitrogens with zero attached hydrogens (tertiary/aromatic N) is 3. The van der Waals surface area contributed by atoms with E-state index in [0.29, 0.717) is 11.7 Å². The molecule has 1 atom stereocenters. The lowest BCUT2D eigenvalue weighted by atomic mass is 9.97. The minimum absolute atomic E-state index is 0.0332. The summed E-state index contributed by atoms with van der Waals surface area (Å²) < 4.78 is 1.75. The zero-order valence-corrected chi connectivity index (χ0v) is 16.2. The van der Waals surface area contributed by atoms with Crippen LogP contribution in [0.15, 0.2) is 40.3 Å². The molecule has 0 saturated heterocycles. The molecule has 0 bridgehead atoms. The van der Waals surface area contributed by atoms with Crippen LogP contribution in [0.4, 0.5) is 0 Å². The molecular weight excluding hydrogens is 362 g/mol. The Morgan fingerprint density at radius 2 is 2.08 bits per heavy atom. The Bertz CT molecular complexity index is 1050. The number of aryl methyl sites for hydroxylation is 2. The molecular formula is C20H19N3OS2. The Kier molecular flexibility index (Phi) is 4.84. The highest BCUT2D eigenvalue weighted by Crippen LogP contribution is 2.35. The highest BCUT2D eigenvalue weighted by molar-refractivity contribution is 8.00. The van der Waals surface area contributed by atoms with E-state index < -0.39 is 0 Å². The first-order chi connectivity index (χ1) is 12.7. The Morgan fingerprint density at radius 3 is 2.85 bits per heavy atom. The van der Waals surface area contributed by atoms with Crippen LogP contribution < -0.4 is 5.56 Å². The van der Waals surface area contributed by atoms with Crippen molar-refractivity contribution < 1.29 is 0 Å². The van der Waals surface area contributed by atoms with Gasteiger partial charge in [-0.25, -0.2) is 4.98 Å². The standard InChI is InChI=1S/C20H19N3OS2/c1-13(11-21)25-20-22-18-17(15-9-5-6-10-16(15)26-18)19(24)23(20)12-14-7-3-2-4-8-14/h2-4,7-8,13H,5-6,9-10,12H2,1H3/t13-/m0/s1. The van der Waals surface area contributed by atoms with Crippen molar-refractivity contribution >= 4 is 33.3 Å². The van der Waals surface area contributed by atoms with Gasteiger partial charge >= 0.3 is 0 Å². The summed E-state index contributed by atoms with van der Waals surface area (Å²) in [6.45, 7) is 2.32. The van der Waals surface area contributed by atoms with Crippen molar-refractivity contribution in [2.75, 3.05) is 0 Å². The fraction of sp³-hybridized carbons (Fsp3) is 0.350. The number of thioether (sulfide) groups is 1. The van der Waals surface area contributed by atoms with Gasteiger partial charge in [0.2, 0.25) is 0 Å². The molecule has 132 valence electrons. The predicted octanol–water partition coefficient (Wildman–Crippen LogP) is 4.39. The normalized spacial score (nSPS) is 14.8. The van der Waals surface area contributed by atoms with Crippen molar-refractivity contribution in [3.63, 3.8) is 0 Å². The van der Waals surface area contributed by atoms with Crippen molar-refractivity contribution in [3.8, 4) is 6.07 Å². The number of hydrogen-bond acceptors (Lipinski definition) is 5. The molecule has 2 aromatic heterocycles. The van der Waals surface area contributed by atoms with Crippen molar-refractivity contribution in [2.45, 2.75) is 49.6 Å². The summed E-state index contributed by atoms with van der Waals surface area (Å²) in [6, 6.07) is 12.2. The van der Waals surface area contributed by atoms with Crippen molar-refractivity contribution in [1.82, 2.24) is 9.55 Å². The van der Waals surface area contributed by atoms with Gasteiger partial charge in [-0.1, -0.05) is 42.1 Å². The van der Waals surface area contributed by atoms with Crippen LogP contribution in [0, 0.1) is 11.3 Å². The fourth-order valence-electron chi connectivity index (χ4n) is 3.40. The molecule has 26 heavy (non-hydrogen) atoms. The Balaban J connectivity index is 1.90. The maximum Gasteiger partial charge on any atom is 0.263 e. The summed E-state index contributed by atoms with van der Waals surface area (Å²) in [5.41, 5.74) is 2.30. The molecule has 1 aliphatic carbocycles. The van der Waals surface area contributed by atoms with Gasteiger partial charge in [0.25, 0.3) is 5.56 Å². The largest absolute Gasteiger partial charge is 0.282 e. The molecule has 0 radical (unpaired) electrons. The summed E-state index contributed by atoms with van der Waals surface area (Å²) in [6.07, 6.45) is 4.34. The molecule has 4 nitrogen and oxygen atoms in total. The summed E-state index contributed by atoms with van der Waals surface area (Å²) in [4.78, 5) is 20.4. The van der Waals surface area contributed by atoms with Crippen LogP contribution in [0.2, 0.25) is 0 Å². The van der Waals surface area contributed by atoms with Crippen LogP contribution in [0.1, 0.15) is 35.8 Å². The summed E-state index contributed by atoms with van der Waals surface area (Å²) in [7, 11) is 0. The highest BCUT2D eigenvalue weighted by Gasteiger charge is 2.23. The third-order valence-corrected chi connectivity index (χ3v) is 6.85. The summed E-state index contributed by atoms with van der Waals surface area (Å²) in [5, 5.41) is 10.4. The van der Waals surface area contributed by atoms with Crippen molar-refractivity contribution in [1.29, 1.82) is 5.26 Å². The number of fused-ring (bicyclic) bond motifs is 3. The second-order valence-electron chi connectivity index (χ2n) is 6.55. The molecule has 0 unspecified atom stereocenters. The van der Waals surface area contributed by atoms with Crippen LogP contribution in [0.25, 0.3) is 10.2 Å². The first-order valence-electron chi connectivity index (χ1n) is 8.82. The smallest absolute Gasteiger partial charge is 0.263 e.